The van der Waals surface area contributed by atoms with Gasteiger partial charge in [0.1, 0.15) is 11.8 Å². The van der Waals surface area contributed by atoms with E-state index < -0.39 is 17.9 Å². The van der Waals surface area contributed by atoms with Crippen LogP contribution in [0.1, 0.15) is 23.2 Å². The minimum absolute atomic E-state index is 0.0105. The summed E-state index contributed by atoms with van der Waals surface area (Å²) in [6.45, 7) is 0. The molecule has 0 saturated heterocycles. The van der Waals surface area contributed by atoms with Crippen LogP contribution in [0, 0.1) is 9.49 Å². The van der Waals surface area contributed by atoms with Crippen LogP contribution in [0.2, 0.25) is 0 Å². The van der Waals surface area contributed by atoms with Crippen LogP contribution in [-0.4, -0.2) is 28.1 Å². The molecule has 0 aliphatic heterocycles. The minimum atomic E-state index is -1.03. The number of carboxylic acid groups (broad SMARTS) is 1. The molecule has 2 rings (SSSR count). The molecule has 0 spiro atoms. The van der Waals surface area contributed by atoms with Crippen LogP contribution in [0.25, 0.3) is 0 Å². The lowest BCUT2D eigenvalue weighted by atomic mass is 10.1. The monoisotopic (exact) mass is 361 g/mol. The van der Waals surface area contributed by atoms with E-state index in [0.29, 0.717) is 0 Å². The number of hydrogen-bond acceptors (Lipinski definition) is 3. The first-order valence-electron chi connectivity index (χ1n) is 5.51. The Morgan fingerprint density at radius 3 is 2.61 bits per heavy atom. The molecule has 6 heteroatoms. The summed E-state index contributed by atoms with van der Waals surface area (Å²) in [7, 11) is 0. The summed E-state index contributed by atoms with van der Waals surface area (Å²) in [5.41, 5.74) is 0.105. The first kappa shape index (κ1) is 13.1. The molecule has 3 N–H and O–H groups in total. The van der Waals surface area contributed by atoms with Gasteiger partial charge in [0.05, 0.1) is 5.56 Å². The van der Waals surface area contributed by atoms with E-state index in [-0.39, 0.29) is 17.2 Å². The number of carbonyl (C=O) groups is 2. The molecule has 0 heterocycles. The Kier molecular flexibility index (Phi) is 3.74. The molecule has 0 radical (unpaired) electrons. The summed E-state index contributed by atoms with van der Waals surface area (Å²) in [6, 6.07) is 3.75. The number of carbonyl (C=O) groups excluding carboxylic acids is 1. The number of rotatable bonds is 4. The highest BCUT2D eigenvalue weighted by Gasteiger charge is 2.37. The van der Waals surface area contributed by atoms with Crippen LogP contribution < -0.4 is 5.32 Å². The van der Waals surface area contributed by atoms with Crippen LogP contribution in [0.3, 0.4) is 0 Å². The van der Waals surface area contributed by atoms with E-state index in [1.165, 1.54) is 12.1 Å². The fraction of sp³-hybridized carbons (Fsp3) is 0.333. The average Bonchev–Trinajstić information content (AvgIpc) is 3.12. The van der Waals surface area contributed by atoms with Crippen LogP contribution in [0.5, 0.6) is 5.75 Å². The Hall–Kier alpha value is -1.31. The molecule has 1 unspecified atom stereocenters. The fourth-order valence-electron chi connectivity index (χ4n) is 1.72. The van der Waals surface area contributed by atoms with Crippen molar-refractivity contribution in [1.82, 2.24) is 5.32 Å². The highest BCUT2D eigenvalue weighted by molar-refractivity contribution is 14.1. The molecule has 5 nitrogen and oxygen atoms in total. The Morgan fingerprint density at radius 1 is 1.39 bits per heavy atom. The first-order chi connectivity index (χ1) is 8.49. The van der Waals surface area contributed by atoms with Crippen LogP contribution >= 0.6 is 22.6 Å². The predicted octanol–water partition coefficient (Wildman–Crippen LogP) is 1.59. The molecule has 1 aromatic rings. The third-order valence-electron chi connectivity index (χ3n) is 2.85. The topological polar surface area (TPSA) is 86.6 Å². The maximum Gasteiger partial charge on any atom is 0.326 e. The van der Waals surface area contributed by atoms with Crippen LogP contribution in [0.15, 0.2) is 18.2 Å². The summed E-state index contributed by atoms with van der Waals surface area (Å²) < 4.78 is 0.800. The lowest BCUT2D eigenvalue weighted by molar-refractivity contribution is -0.139. The zero-order valence-electron chi connectivity index (χ0n) is 9.39. The van der Waals surface area contributed by atoms with E-state index in [2.05, 4.69) is 5.32 Å². The summed E-state index contributed by atoms with van der Waals surface area (Å²) in [5.74, 6) is -1.72. The second kappa shape index (κ2) is 5.13. The SMILES string of the molecule is O=C(NC(C(=O)O)C1CC1)c1cc(I)ccc1O. The molecule has 96 valence electrons. The lowest BCUT2D eigenvalue weighted by Gasteiger charge is -2.14. The molecule has 1 aliphatic rings. The van der Waals surface area contributed by atoms with Gasteiger partial charge in [0.15, 0.2) is 0 Å². The number of aliphatic carboxylic acids is 1. The van der Waals surface area contributed by atoms with Gasteiger partial charge in [0, 0.05) is 3.57 Å². The van der Waals surface area contributed by atoms with Crippen LogP contribution in [-0.2, 0) is 4.79 Å². The molecule has 1 aromatic carbocycles. The maximum absolute atomic E-state index is 11.9. The molecule has 18 heavy (non-hydrogen) atoms. The van der Waals surface area contributed by atoms with E-state index in [0.717, 1.165) is 16.4 Å². The average molecular weight is 361 g/mol. The normalized spacial score (nSPS) is 16.1. The number of halogens is 1. The third kappa shape index (κ3) is 2.92. The number of aromatic hydroxyl groups is 1. The van der Waals surface area contributed by atoms with E-state index in [9.17, 15) is 14.7 Å². The highest BCUT2D eigenvalue weighted by Crippen LogP contribution is 2.33. The Bertz CT molecular complexity index is 499. The largest absolute Gasteiger partial charge is 0.507 e. The maximum atomic E-state index is 11.9. The van der Waals surface area contributed by atoms with Gasteiger partial charge in [-0.25, -0.2) is 4.79 Å². The minimum Gasteiger partial charge on any atom is -0.507 e. The van der Waals surface area contributed by atoms with Crippen molar-refractivity contribution in [3.05, 3.63) is 27.3 Å². The molecule has 1 aliphatic carbocycles. The highest BCUT2D eigenvalue weighted by atomic mass is 127. The van der Waals surface area contributed by atoms with Crippen molar-refractivity contribution in [2.45, 2.75) is 18.9 Å². The zero-order chi connectivity index (χ0) is 13.3. The van der Waals surface area contributed by atoms with Gasteiger partial charge in [-0.3, -0.25) is 4.79 Å². The summed E-state index contributed by atoms with van der Waals surface area (Å²) >= 11 is 2.02. The molecule has 1 saturated carbocycles. The van der Waals surface area contributed by atoms with Gasteiger partial charge in [-0.2, -0.15) is 0 Å². The predicted molar refractivity (Wildman–Crippen MR) is 72.4 cm³/mol. The van der Waals surface area contributed by atoms with Crippen molar-refractivity contribution in [3.63, 3.8) is 0 Å². The van der Waals surface area contributed by atoms with Crippen LogP contribution in [0.4, 0.5) is 0 Å². The van der Waals surface area contributed by atoms with Gasteiger partial charge >= 0.3 is 5.97 Å². The van der Waals surface area contributed by atoms with Crippen molar-refractivity contribution in [3.8, 4) is 5.75 Å². The van der Waals surface area contributed by atoms with Gasteiger partial charge in [0.2, 0.25) is 0 Å². The smallest absolute Gasteiger partial charge is 0.326 e. The number of nitrogens with one attached hydrogen (secondary N) is 1. The molecule has 1 atom stereocenters. The molecular weight excluding hydrogens is 349 g/mol. The molecule has 0 bridgehead atoms. The van der Waals surface area contributed by atoms with Crippen molar-refractivity contribution in [2.75, 3.05) is 0 Å². The number of phenols is 1. The quantitative estimate of drug-likeness (QED) is 0.711. The second-order valence-corrected chi connectivity index (χ2v) is 5.53. The first-order valence-corrected chi connectivity index (χ1v) is 6.59. The Balaban J connectivity index is 2.15. The Morgan fingerprint density at radius 2 is 2.06 bits per heavy atom. The van der Waals surface area contributed by atoms with E-state index in [4.69, 9.17) is 5.11 Å². The van der Waals surface area contributed by atoms with Crippen molar-refractivity contribution < 1.29 is 19.8 Å². The molecule has 0 aromatic heterocycles. The Labute approximate surface area is 117 Å². The lowest BCUT2D eigenvalue weighted by Crippen LogP contribution is -2.42. The fourth-order valence-corrected chi connectivity index (χ4v) is 2.21. The van der Waals surface area contributed by atoms with Crippen molar-refractivity contribution >= 4 is 34.5 Å². The standard InChI is InChI=1S/C12H12INO4/c13-7-3-4-9(15)8(5-7)11(16)14-10(12(17)18)6-1-2-6/h3-6,10,15H,1-2H2,(H,14,16)(H,17,18). The number of benzene rings is 1. The van der Waals surface area contributed by atoms with E-state index >= 15 is 0 Å². The van der Waals surface area contributed by atoms with Gasteiger partial charge in [-0.05, 0) is 59.5 Å². The zero-order valence-corrected chi connectivity index (χ0v) is 11.5. The molecule has 1 fully saturated rings. The number of amides is 1. The third-order valence-corrected chi connectivity index (χ3v) is 3.52. The van der Waals surface area contributed by atoms with E-state index in [1.807, 2.05) is 22.6 Å². The van der Waals surface area contributed by atoms with Gasteiger partial charge in [-0.15, -0.1) is 0 Å². The number of hydrogen-bond donors (Lipinski definition) is 3. The summed E-state index contributed by atoms with van der Waals surface area (Å²) in [4.78, 5) is 22.9. The summed E-state index contributed by atoms with van der Waals surface area (Å²) in [5, 5.41) is 21.1. The molecule has 1 amide bonds. The van der Waals surface area contributed by atoms with Gasteiger partial charge in [-0.1, -0.05) is 0 Å². The van der Waals surface area contributed by atoms with Gasteiger partial charge in [0.25, 0.3) is 5.91 Å². The summed E-state index contributed by atoms with van der Waals surface area (Å²) in [6.07, 6.45) is 1.63. The van der Waals surface area contributed by atoms with Crippen molar-refractivity contribution in [2.24, 2.45) is 5.92 Å². The molecular formula is C12H12INO4. The van der Waals surface area contributed by atoms with Gasteiger partial charge < -0.3 is 15.5 Å². The van der Waals surface area contributed by atoms with E-state index in [1.54, 1.807) is 6.07 Å². The second-order valence-electron chi connectivity index (χ2n) is 4.29. The number of carboxylic acids is 1. The van der Waals surface area contributed by atoms with Crippen molar-refractivity contribution in [1.29, 1.82) is 0 Å². The number of phenolic OH excluding ortho intramolecular Hbond substituents is 1.